The number of rotatable bonds is 3. The third-order valence-corrected chi connectivity index (χ3v) is 4.43. The van der Waals surface area contributed by atoms with Crippen molar-refractivity contribution in [3.63, 3.8) is 0 Å². The number of benzene rings is 1. The van der Waals surface area contributed by atoms with Gasteiger partial charge in [-0.2, -0.15) is 0 Å². The van der Waals surface area contributed by atoms with Gasteiger partial charge >= 0.3 is 0 Å². The number of hydrogen-bond acceptors (Lipinski definition) is 3. The highest BCUT2D eigenvalue weighted by Gasteiger charge is 2.22. The molecule has 1 heterocycles. The van der Waals surface area contributed by atoms with Crippen LogP contribution < -0.4 is 0 Å². The number of aryl methyl sites for hydroxylation is 2. The summed E-state index contributed by atoms with van der Waals surface area (Å²) in [6, 6.07) is 4.89. The van der Waals surface area contributed by atoms with Gasteiger partial charge in [0.15, 0.2) is 0 Å². The normalized spacial score (nSPS) is 21.9. The maximum Gasteiger partial charge on any atom is 0.121 e. The van der Waals surface area contributed by atoms with E-state index in [1.165, 1.54) is 31.5 Å². The molecule has 0 radical (unpaired) electrons. The van der Waals surface area contributed by atoms with Gasteiger partial charge in [-0.25, -0.2) is 0 Å². The van der Waals surface area contributed by atoms with E-state index in [9.17, 15) is 5.11 Å². The molecule has 1 fully saturated rings. The molecule has 1 saturated heterocycles. The Balaban J connectivity index is 2.14. The number of likely N-dealkylation sites (N-methyl/N-ethyl adjacent to an activating group) is 1. The summed E-state index contributed by atoms with van der Waals surface area (Å²) >= 11 is 0. The average molecular weight is 276 g/mol. The molecular formula is C17H28N2O. The lowest BCUT2D eigenvalue weighted by Gasteiger charge is -2.30. The SMILES string of the molecule is CCC1CN(C)CCCN1Cc1cc(C)c(O)c(C)c1. The first-order valence-electron chi connectivity index (χ1n) is 7.73. The molecule has 0 aromatic heterocycles. The fourth-order valence-corrected chi connectivity index (χ4v) is 3.26. The molecule has 0 bridgehead atoms. The molecule has 0 saturated carbocycles. The van der Waals surface area contributed by atoms with Crippen LogP contribution in [0.15, 0.2) is 12.1 Å². The summed E-state index contributed by atoms with van der Waals surface area (Å²) < 4.78 is 0. The van der Waals surface area contributed by atoms with Gasteiger partial charge in [0.25, 0.3) is 0 Å². The highest BCUT2D eigenvalue weighted by atomic mass is 16.3. The van der Waals surface area contributed by atoms with Crippen LogP contribution in [0.1, 0.15) is 36.5 Å². The van der Waals surface area contributed by atoms with Crippen LogP contribution in [0.5, 0.6) is 5.75 Å². The van der Waals surface area contributed by atoms with Crippen molar-refractivity contribution >= 4 is 0 Å². The van der Waals surface area contributed by atoms with Crippen LogP contribution >= 0.6 is 0 Å². The van der Waals surface area contributed by atoms with Crippen molar-refractivity contribution in [1.29, 1.82) is 0 Å². The smallest absolute Gasteiger partial charge is 0.121 e. The molecule has 1 atom stereocenters. The minimum absolute atomic E-state index is 0.441. The Bertz CT molecular complexity index is 435. The molecule has 1 N–H and O–H groups in total. The Kier molecular flexibility index (Phi) is 5.06. The Hall–Kier alpha value is -1.06. The van der Waals surface area contributed by atoms with Crippen LogP contribution in [0.4, 0.5) is 0 Å². The monoisotopic (exact) mass is 276 g/mol. The zero-order valence-corrected chi connectivity index (χ0v) is 13.3. The molecular weight excluding hydrogens is 248 g/mol. The molecule has 0 aliphatic carbocycles. The first-order valence-corrected chi connectivity index (χ1v) is 7.73. The molecule has 3 heteroatoms. The average Bonchev–Trinajstić information content (AvgIpc) is 2.57. The van der Waals surface area contributed by atoms with Gasteiger partial charge in [0.1, 0.15) is 5.75 Å². The van der Waals surface area contributed by atoms with Crippen molar-refractivity contribution in [1.82, 2.24) is 9.80 Å². The Morgan fingerprint density at radius 2 is 1.85 bits per heavy atom. The molecule has 1 aromatic rings. The third-order valence-electron chi connectivity index (χ3n) is 4.43. The Morgan fingerprint density at radius 3 is 2.45 bits per heavy atom. The van der Waals surface area contributed by atoms with E-state index in [0.29, 0.717) is 11.8 Å². The lowest BCUT2D eigenvalue weighted by molar-refractivity contribution is 0.176. The summed E-state index contributed by atoms with van der Waals surface area (Å²) in [5.41, 5.74) is 3.29. The molecule has 3 nitrogen and oxygen atoms in total. The predicted octanol–water partition coefficient (Wildman–Crippen LogP) is 2.93. The molecule has 20 heavy (non-hydrogen) atoms. The molecule has 2 rings (SSSR count). The summed E-state index contributed by atoms with van der Waals surface area (Å²) in [7, 11) is 2.22. The summed E-state index contributed by atoms with van der Waals surface area (Å²) in [4.78, 5) is 5.05. The number of aromatic hydroxyl groups is 1. The van der Waals surface area contributed by atoms with Gasteiger partial charge in [-0.05, 0) is 57.0 Å². The van der Waals surface area contributed by atoms with Gasteiger partial charge in [-0.1, -0.05) is 19.1 Å². The fourth-order valence-electron chi connectivity index (χ4n) is 3.26. The summed E-state index contributed by atoms with van der Waals surface area (Å²) in [5.74, 6) is 0.441. The maximum atomic E-state index is 9.89. The van der Waals surface area contributed by atoms with Gasteiger partial charge in [-0.15, -0.1) is 0 Å². The molecule has 1 aromatic carbocycles. The minimum Gasteiger partial charge on any atom is -0.507 e. The second kappa shape index (κ2) is 6.59. The van der Waals surface area contributed by atoms with Gasteiger partial charge < -0.3 is 10.0 Å². The molecule has 0 amide bonds. The first-order chi connectivity index (χ1) is 9.51. The molecule has 112 valence electrons. The second-order valence-electron chi connectivity index (χ2n) is 6.23. The van der Waals surface area contributed by atoms with Crippen molar-refractivity contribution in [2.45, 2.75) is 46.2 Å². The van der Waals surface area contributed by atoms with Crippen molar-refractivity contribution in [2.24, 2.45) is 0 Å². The van der Waals surface area contributed by atoms with Crippen LogP contribution in [0.3, 0.4) is 0 Å². The van der Waals surface area contributed by atoms with Gasteiger partial charge in [0, 0.05) is 25.7 Å². The van der Waals surface area contributed by atoms with Crippen molar-refractivity contribution in [3.8, 4) is 5.75 Å². The first kappa shape index (κ1) is 15.3. The van der Waals surface area contributed by atoms with Gasteiger partial charge in [0.2, 0.25) is 0 Å². The van der Waals surface area contributed by atoms with Crippen LogP contribution in [0, 0.1) is 13.8 Å². The molecule has 1 aliphatic heterocycles. The lowest BCUT2D eigenvalue weighted by Crippen LogP contribution is -2.39. The number of hydrogen-bond donors (Lipinski definition) is 1. The molecule has 1 aliphatic rings. The van der Waals surface area contributed by atoms with E-state index < -0.39 is 0 Å². The summed E-state index contributed by atoms with van der Waals surface area (Å²) in [6.07, 6.45) is 2.43. The van der Waals surface area contributed by atoms with E-state index in [-0.39, 0.29) is 0 Å². The standard InChI is InChI=1S/C17H28N2O/c1-5-16-12-18(4)7-6-8-19(16)11-15-9-13(2)17(20)14(3)10-15/h9-10,16,20H,5-8,11-12H2,1-4H3. The van der Waals surface area contributed by atoms with E-state index in [0.717, 1.165) is 24.2 Å². The number of phenolic OH excluding ortho intramolecular Hbond substituents is 1. The second-order valence-corrected chi connectivity index (χ2v) is 6.23. The fraction of sp³-hybridized carbons (Fsp3) is 0.647. The van der Waals surface area contributed by atoms with Gasteiger partial charge in [0.05, 0.1) is 0 Å². The van der Waals surface area contributed by atoms with Crippen LogP contribution in [-0.4, -0.2) is 47.6 Å². The zero-order chi connectivity index (χ0) is 14.7. The summed E-state index contributed by atoms with van der Waals surface area (Å²) in [5, 5.41) is 9.89. The highest BCUT2D eigenvalue weighted by Crippen LogP contribution is 2.24. The van der Waals surface area contributed by atoms with Crippen molar-refractivity contribution in [3.05, 3.63) is 28.8 Å². The van der Waals surface area contributed by atoms with Crippen molar-refractivity contribution < 1.29 is 5.11 Å². The lowest BCUT2D eigenvalue weighted by atomic mass is 10.0. The molecule has 1 unspecified atom stereocenters. The Morgan fingerprint density at radius 1 is 1.20 bits per heavy atom. The van der Waals surface area contributed by atoms with E-state index in [1.54, 1.807) is 0 Å². The maximum absolute atomic E-state index is 9.89. The van der Waals surface area contributed by atoms with E-state index in [2.05, 4.69) is 35.9 Å². The Labute approximate surface area is 123 Å². The van der Waals surface area contributed by atoms with Crippen LogP contribution in [-0.2, 0) is 6.54 Å². The molecule has 0 spiro atoms. The van der Waals surface area contributed by atoms with Crippen LogP contribution in [0.2, 0.25) is 0 Å². The quantitative estimate of drug-likeness (QED) is 0.919. The van der Waals surface area contributed by atoms with Crippen molar-refractivity contribution in [2.75, 3.05) is 26.7 Å². The third kappa shape index (κ3) is 3.53. The topological polar surface area (TPSA) is 26.7 Å². The van der Waals surface area contributed by atoms with Gasteiger partial charge in [-0.3, -0.25) is 4.90 Å². The highest BCUT2D eigenvalue weighted by molar-refractivity contribution is 5.42. The number of phenols is 1. The zero-order valence-electron chi connectivity index (χ0n) is 13.3. The predicted molar refractivity (Wildman–Crippen MR) is 84.2 cm³/mol. The van der Waals surface area contributed by atoms with E-state index in [1.807, 2.05) is 13.8 Å². The van der Waals surface area contributed by atoms with Crippen LogP contribution in [0.25, 0.3) is 0 Å². The largest absolute Gasteiger partial charge is 0.507 e. The van der Waals surface area contributed by atoms with E-state index in [4.69, 9.17) is 0 Å². The number of nitrogens with zero attached hydrogens (tertiary/aromatic N) is 2. The van der Waals surface area contributed by atoms with E-state index >= 15 is 0 Å². The minimum atomic E-state index is 0.441. The summed E-state index contributed by atoms with van der Waals surface area (Å²) in [6.45, 7) is 10.8.